The summed E-state index contributed by atoms with van der Waals surface area (Å²) in [6.07, 6.45) is 0.961. The molecular formula is C16H18BrClN2O3. The van der Waals surface area contributed by atoms with Crippen molar-refractivity contribution in [1.82, 2.24) is 9.96 Å². The van der Waals surface area contributed by atoms with Crippen LogP contribution in [0.15, 0.2) is 22.4 Å². The third-order valence-corrected chi connectivity index (χ3v) is 5.66. The van der Waals surface area contributed by atoms with Crippen molar-refractivity contribution < 1.29 is 15.1 Å². The lowest BCUT2D eigenvalue weighted by Crippen LogP contribution is -2.53. The third-order valence-electron chi connectivity index (χ3n) is 4.91. The van der Waals surface area contributed by atoms with Gasteiger partial charge in [-0.05, 0) is 37.5 Å². The van der Waals surface area contributed by atoms with E-state index in [0.717, 1.165) is 10.0 Å². The molecule has 1 aromatic rings. The lowest BCUT2D eigenvalue weighted by atomic mass is 9.85. The van der Waals surface area contributed by atoms with E-state index in [-0.39, 0.29) is 17.2 Å². The molecule has 2 aliphatic heterocycles. The molecule has 124 valence electrons. The maximum Gasteiger partial charge on any atom is 0.258 e. The summed E-state index contributed by atoms with van der Waals surface area (Å²) in [6, 6.07) is 3.59. The average Bonchev–Trinajstić information content (AvgIpc) is 2.65. The lowest BCUT2D eigenvalue weighted by Gasteiger charge is -2.41. The molecule has 1 amide bonds. The molecular weight excluding hydrogens is 384 g/mol. The fraction of sp³-hybridized carbons (Fsp3) is 0.438. The van der Waals surface area contributed by atoms with Crippen LogP contribution >= 0.6 is 27.5 Å². The van der Waals surface area contributed by atoms with Crippen molar-refractivity contribution in [3.05, 3.63) is 38.5 Å². The van der Waals surface area contributed by atoms with Crippen LogP contribution in [0.25, 0.3) is 5.57 Å². The van der Waals surface area contributed by atoms with Crippen LogP contribution in [0.1, 0.15) is 24.0 Å². The van der Waals surface area contributed by atoms with Crippen LogP contribution in [0, 0.1) is 6.92 Å². The second kappa shape index (κ2) is 5.77. The normalized spacial score (nSPS) is 21.6. The molecule has 2 heterocycles. The SMILES string of the molecule is Cc1cc(Br)cc(Cl)c1C1=C(O)C2(CCN(O)CC2)N(C)C1=O. The predicted octanol–water partition coefficient (Wildman–Crippen LogP) is 3.38. The highest BCUT2D eigenvalue weighted by Crippen LogP contribution is 2.46. The molecule has 1 saturated heterocycles. The van der Waals surface area contributed by atoms with E-state index >= 15 is 0 Å². The Morgan fingerprint density at radius 2 is 1.91 bits per heavy atom. The molecule has 7 heteroatoms. The first-order valence-electron chi connectivity index (χ1n) is 7.39. The van der Waals surface area contributed by atoms with Gasteiger partial charge in [-0.25, -0.2) is 0 Å². The van der Waals surface area contributed by atoms with Crippen molar-refractivity contribution in [2.24, 2.45) is 0 Å². The molecule has 2 N–H and O–H groups in total. The van der Waals surface area contributed by atoms with Gasteiger partial charge in [0.15, 0.2) is 0 Å². The second-order valence-electron chi connectivity index (χ2n) is 6.15. The smallest absolute Gasteiger partial charge is 0.258 e. The Labute approximate surface area is 148 Å². The molecule has 3 rings (SSSR count). The van der Waals surface area contributed by atoms with Crippen LogP contribution in [-0.2, 0) is 4.79 Å². The van der Waals surface area contributed by atoms with E-state index in [1.54, 1.807) is 18.0 Å². The standard InChI is InChI=1S/C16H18BrClN2O3/c1-9-7-10(17)8-11(18)12(9)13-14(21)16(19(2)15(13)22)3-5-20(23)6-4-16/h7-8,21,23H,3-6H2,1-2H3. The summed E-state index contributed by atoms with van der Waals surface area (Å²) < 4.78 is 0.825. The van der Waals surface area contributed by atoms with Gasteiger partial charge >= 0.3 is 0 Å². The van der Waals surface area contributed by atoms with Gasteiger partial charge in [-0.1, -0.05) is 27.5 Å². The number of aryl methyl sites for hydroxylation is 1. The van der Waals surface area contributed by atoms with Crippen molar-refractivity contribution in [2.75, 3.05) is 20.1 Å². The van der Waals surface area contributed by atoms with Crippen molar-refractivity contribution >= 4 is 39.0 Å². The number of piperidine rings is 1. The number of aliphatic hydroxyl groups excluding tert-OH is 1. The van der Waals surface area contributed by atoms with E-state index < -0.39 is 5.54 Å². The number of hydrogen-bond donors (Lipinski definition) is 2. The number of carbonyl (C=O) groups is 1. The first-order valence-corrected chi connectivity index (χ1v) is 8.57. The van der Waals surface area contributed by atoms with Gasteiger partial charge in [-0.3, -0.25) is 4.79 Å². The number of amides is 1. The maximum atomic E-state index is 12.8. The number of aliphatic hydroxyl groups is 1. The quantitative estimate of drug-likeness (QED) is 0.757. The topological polar surface area (TPSA) is 64.0 Å². The Balaban J connectivity index is 2.16. The summed E-state index contributed by atoms with van der Waals surface area (Å²) in [7, 11) is 1.70. The van der Waals surface area contributed by atoms with Crippen LogP contribution in [0.4, 0.5) is 0 Å². The summed E-state index contributed by atoms with van der Waals surface area (Å²) in [5, 5.41) is 22.2. The summed E-state index contributed by atoms with van der Waals surface area (Å²) in [5.41, 5.74) is 0.917. The lowest BCUT2D eigenvalue weighted by molar-refractivity contribution is -0.141. The zero-order chi connectivity index (χ0) is 16.9. The maximum absolute atomic E-state index is 12.8. The highest BCUT2D eigenvalue weighted by atomic mass is 79.9. The fourth-order valence-corrected chi connectivity index (χ4v) is 4.60. The number of benzene rings is 1. The van der Waals surface area contributed by atoms with E-state index in [9.17, 15) is 15.1 Å². The molecule has 0 radical (unpaired) electrons. The molecule has 0 atom stereocenters. The van der Waals surface area contributed by atoms with Crippen LogP contribution in [-0.4, -0.2) is 51.9 Å². The second-order valence-corrected chi connectivity index (χ2v) is 7.48. The molecule has 0 aliphatic carbocycles. The zero-order valence-corrected chi connectivity index (χ0v) is 15.3. The van der Waals surface area contributed by atoms with E-state index in [0.29, 0.717) is 36.5 Å². The molecule has 23 heavy (non-hydrogen) atoms. The minimum atomic E-state index is -0.755. The van der Waals surface area contributed by atoms with Gasteiger partial charge < -0.3 is 15.2 Å². The van der Waals surface area contributed by atoms with Gasteiger partial charge in [-0.2, -0.15) is 5.06 Å². The number of hydroxylamine groups is 2. The van der Waals surface area contributed by atoms with Crippen LogP contribution in [0.5, 0.6) is 0 Å². The Hall–Kier alpha value is -1.08. The van der Waals surface area contributed by atoms with Crippen molar-refractivity contribution in [2.45, 2.75) is 25.3 Å². The molecule has 1 fully saturated rings. The van der Waals surface area contributed by atoms with Crippen molar-refractivity contribution in [3.8, 4) is 0 Å². The summed E-state index contributed by atoms with van der Waals surface area (Å²) in [4.78, 5) is 14.4. The molecule has 0 saturated carbocycles. The molecule has 1 spiro atoms. The average molecular weight is 402 g/mol. The third kappa shape index (κ3) is 2.48. The number of carbonyl (C=O) groups excluding carboxylic acids is 1. The van der Waals surface area contributed by atoms with Crippen LogP contribution in [0.3, 0.4) is 0 Å². The molecule has 0 unspecified atom stereocenters. The van der Waals surface area contributed by atoms with E-state index in [1.807, 2.05) is 13.0 Å². The highest BCUT2D eigenvalue weighted by Gasteiger charge is 2.52. The minimum absolute atomic E-state index is 0.0606. The van der Waals surface area contributed by atoms with Gasteiger partial charge in [0.2, 0.25) is 0 Å². The van der Waals surface area contributed by atoms with Crippen molar-refractivity contribution in [1.29, 1.82) is 0 Å². The fourth-order valence-electron chi connectivity index (χ4n) is 3.54. The Kier molecular flexibility index (Phi) is 4.21. The van der Waals surface area contributed by atoms with Gasteiger partial charge in [0.1, 0.15) is 11.3 Å². The number of hydrogen-bond acceptors (Lipinski definition) is 4. The highest BCUT2D eigenvalue weighted by molar-refractivity contribution is 9.10. The summed E-state index contributed by atoms with van der Waals surface area (Å²) in [6.45, 7) is 2.67. The number of halogens is 2. The Morgan fingerprint density at radius 3 is 2.48 bits per heavy atom. The first-order chi connectivity index (χ1) is 10.8. The molecule has 1 aromatic carbocycles. The monoisotopic (exact) mass is 400 g/mol. The predicted molar refractivity (Wildman–Crippen MR) is 91.5 cm³/mol. The van der Waals surface area contributed by atoms with Crippen LogP contribution < -0.4 is 0 Å². The Morgan fingerprint density at radius 1 is 1.30 bits per heavy atom. The molecule has 0 aromatic heterocycles. The van der Waals surface area contributed by atoms with Gasteiger partial charge in [0.25, 0.3) is 5.91 Å². The molecule has 0 bridgehead atoms. The largest absolute Gasteiger partial charge is 0.509 e. The Bertz CT molecular complexity index is 688. The van der Waals surface area contributed by atoms with Gasteiger partial charge in [0, 0.05) is 30.2 Å². The first kappa shape index (κ1) is 16.8. The van der Waals surface area contributed by atoms with Crippen molar-refractivity contribution in [3.63, 3.8) is 0 Å². The number of nitrogens with zero attached hydrogens (tertiary/aromatic N) is 2. The van der Waals surface area contributed by atoms with Crippen LogP contribution in [0.2, 0.25) is 5.02 Å². The van der Waals surface area contributed by atoms with Gasteiger partial charge in [0.05, 0.1) is 10.6 Å². The van der Waals surface area contributed by atoms with E-state index in [4.69, 9.17) is 11.6 Å². The van der Waals surface area contributed by atoms with E-state index in [1.165, 1.54) is 5.06 Å². The summed E-state index contributed by atoms with van der Waals surface area (Å²) in [5.74, 6) is -0.174. The summed E-state index contributed by atoms with van der Waals surface area (Å²) >= 11 is 9.73. The van der Waals surface area contributed by atoms with E-state index in [2.05, 4.69) is 15.9 Å². The zero-order valence-electron chi connectivity index (χ0n) is 12.9. The van der Waals surface area contributed by atoms with Gasteiger partial charge in [-0.15, -0.1) is 0 Å². The molecule has 2 aliphatic rings. The number of rotatable bonds is 1. The number of likely N-dealkylation sites (N-methyl/N-ethyl adjacent to an activating group) is 1. The molecule has 5 nitrogen and oxygen atoms in total. The minimum Gasteiger partial charge on any atom is -0.509 e.